The number of carboxylic acid groups (broad SMARTS) is 1. The van der Waals surface area contributed by atoms with E-state index in [2.05, 4.69) is 5.32 Å². The normalized spacial score (nSPS) is 17.9. The second-order valence-electron chi connectivity index (χ2n) is 5.00. The number of benzene rings is 1. The van der Waals surface area contributed by atoms with Crippen LogP contribution in [0.5, 0.6) is 0 Å². The van der Waals surface area contributed by atoms with Crippen LogP contribution in [0.1, 0.15) is 18.9 Å². The number of hydrogen-bond acceptors (Lipinski definition) is 3. The Morgan fingerprint density at radius 1 is 1.38 bits per heavy atom. The lowest BCUT2D eigenvalue weighted by Gasteiger charge is -2.19. The fraction of sp³-hybridized carbons (Fsp3) is 0.400. The van der Waals surface area contributed by atoms with Crippen molar-refractivity contribution < 1.29 is 19.5 Å². The molecule has 0 aliphatic carbocycles. The Morgan fingerprint density at radius 3 is 2.76 bits per heavy atom. The zero-order valence-electron chi connectivity index (χ0n) is 11.8. The molecule has 1 aliphatic rings. The molecule has 1 aromatic rings. The molecule has 0 aromatic heterocycles. The molecule has 1 unspecified atom stereocenters. The van der Waals surface area contributed by atoms with Crippen LogP contribution in [0.15, 0.2) is 24.3 Å². The Balaban J connectivity index is 2.09. The third-order valence-electron chi connectivity index (χ3n) is 3.57. The van der Waals surface area contributed by atoms with Crippen molar-refractivity contribution in [2.24, 2.45) is 5.92 Å². The molecule has 21 heavy (non-hydrogen) atoms. The number of anilines is 1. The molecular formula is C15H18N2O4. The predicted molar refractivity (Wildman–Crippen MR) is 76.9 cm³/mol. The van der Waals surface area contributed by atoms with Crippen LogP contribution in [0.2, 0.25) is 0 Å². The van der Waals surface area contributed by atoms with E-state index in [-0.39, 0.29) is 18.2 Å². The summed E-state index contributed by atoms with van der Waals surface area (Å²) in [6.45, 7) is 1.88. The molecule has 2 amide bonds. The number of aliphatic carboxylic acids is 1. The standard InChI is InChI=1S/C15H18N2O4/c1-2-10-5-3-4-6-12(10)17-9-11(7-13(17)18)15(21)16-8-14(19)20/h3-6,11H,2,7-9H2,1H3,(H,16,21)(H,19,20). The number of aryl methyl sites for hydroxylation is 1. The average molecular weight is 290 g/mol. The lowest BCUT2D eigenvalue weighted by Crippen LogP contribution is -2.36. The van der Waals surface area contributed by atoms with E-state index in [1.54, 1.807) is 4.90 Å². The third kappa shape index (κ3) is 3.39. The molecule has 6 heteroatoms. The van der Waals surface area contributed by atoms with Gasteiger partial charge in [0.2, 0.25) is 11.8 Å². The first-order chi connectivity index (χ1) is 10.0. The molecule has 1 heterocycles. The highest BCUT2D eigenvalue weighted by Crippen LogP contribution is 2.28. The Morgan fingerprint density at radius 2 is 2.10 bits per heavy atom. The van der Waals surface area contributed by atoms with E-state index in [0.717, 1.165) is 17.7 Å². The van der Waals surface area contributed by atoms with Crippen LogP contribution in [0.4, 0.5) is 5.69 Å². The molecule has 1 aromatic carbocycles. The van der Waals surface area contributed by atoms with Crippen molar-refractivity contribution in [3.8, 4) is 0 Å². The monoisotopic (exact) mass is 290 g/mol. The lowest BCUT2D eigenvalue weighted by atomic mass is 10.1. The Bertz CT molecular complexity index is 571. The van der Waals surface area contributed by atoms with Crippen LogP contribution < -0.4 is 10.2 Å². The minimum absolute atomic E-state index is 0.105. The van der Waals surface area contributed by atoms with Gasteiger partial charge in [0.15, 0.2) is 0 Å². The largest absolute Gasteiger partial charge is 0.480 e. The van der Waals surface area contributed by atoms with Gasteiger partial charge >= 0.3 is 5.97 Å². The fourth-order valence-electron chi connectivity index (χ4n) is 2.50. The van der Waals surface area contributed by atoms with Gasteiger partial charge in [0, 0.05) is 18.7 Å². The smallest absolute Gasteiger partial charge is 0.322 e. The highest BCUT2D eigenvalue weighted by molar-refractivity contribution is 6.01. The molecule has 0 bridgehead atoms. The van der Waals surface area contributed by atoms with Gasteiger partial charge < -0.3 is 15.3 Å². The van der Waals surface area contributed by atoms with Gasteiger partial charge in [-0.2, -0.15) is 0 Å². The van der Waals surface area contributed by atoms with Crippen molar-refractivity contribution >= 4 is 23.5 Å². The van der Waals surface area contributed by atoms with Gasteiger partial charge in [-0.05, 0) is 18.1 Å². The average Bonchev–Trinajstić information content (AvgIpc) is 2.86. The van der Waals surface area contributed by atoms with Gasteiger partial charge in [0.05, 0.1) is 5.92 Å². The maximum Gasteiger partial charge on any atom is 0.322 e. The highest BCUT2D eigenvalue weighted by atomic mass is 16.4. The van der Waals surface area contributed by atoms with E-state index in [1.807, 2.05) is 31.2 Å². The number of carbonyl (C=O) groups is 3. The number of para-hydroxylation sites is 1. The summed E-state index contributed by atoms with van der Waals surface area (Å²) in [7, 11) is 0. The second-order valence-corrected chi connectivity index (χ2v) is 5.00. The van der Waals surface area contributed by atoms with Crippen LogP contribution in [0, 0.1) is 5.92 Å². The summed E-state index contributed by atoms with van der Waals surface area (Å²) in [4.78, 5) is 36.1. The zero-order valence-corrected chi connectivity index (χ0v) is 11.8. The topological polar surface area (TPSA) is 86.7 Å². The molecule has 1 aliphatic heterocycles. The number of hydrogen-bond donors (Lipinski definition) is 2. The molecule has 0 radical (unpaired) electrons. The third-order valence-corrected chi connectivity index (χ3v) is 3.57. The summed E-state index contributed by atoms with van der Waals surface area (Å²) in [6.07, 6.45) is 0.916. The number of nitrogens with zero attached hydrogens (tertiary/aromatic N) is 1. The summed E-state index contributed by atoms with van der Waals surface area (Å²) in [5.74, 6) is -2.09. The molecule has 0 saturated carbocycles. The molecule has 2 N–H and O–H groups in total. The van der Waals surface area contributed by atoms with Crippen LogP contribution in [0.3, 0.4) is 0 Å². The summed E-state index contributed by atoms with van der Waals surface area (Å²) >= 11 is 0. The van der Waals surface area contributed by atoms with Gasteiger partial charge in [-0.1, -0.05) is 25.1 Å². The van der Waals surface area contributed by atoms with Crippen LogP contribution >= 0.6 is 0 Å². The van der Waals surface area contributed by atoms with Crippen molar-refractivity contribution in [3.63, 3.8) is 0 Å². The molecule has 1 atom stereocenters. The molecule has 1 saturated heterocycles. The number of rotatable bonds is 5. The quantitative estimate of drug-likeness (QED) is 0.840. The Labute approximate surface area is 122 Å². The summed E-state index contributed by atoms with van der Waals surface area (Å²) in [5.41, 5.74) is 1.89. The predicted octanol–water partition coefficient (Wildman–Crippen LogP) is 0.803. The SMILES string of the molecule is CCc1ccccc1N1CC(C(=O)NCC(=O)O)CC1=O. The van der Waals surface area contributed by atoms with E-state index < -0.39 is 18.4 Å². The van der Waals surface area contributed by atoms with E-state index in [1.165, 1.54) is 0 Å². The molecule has 112 valence electrons. The molecule has 6 nitrogen and oxygen atoms in total. The number of carbonyl (C=O) groups excluding carboxylic acids is 2. The van der Waals surface area contributed by atoms with E-state index >= 15 is 0 Å². The van der Waals surface area contributed by atoms with Crippen molar-refractivity contribution in [3.05, 3.63) is 29.8 Å². The van der Waals surface area contributed by atoms with E-state index in [9.17, 15) is 14.4 Å². The summed E-state index contributed by atoms with van der Waals surface area (Å²) in [5, 5.41) is 10.9. The Kier molecular flexibility index (Phi) is 4.57. The first-order valence-corrected chi connectivity index (χ1v) is 6.90. The Hall–Kier alpha value is -2.37. The number of nitrogens with one attached hydrogen (secondary N) is 1. The molecular weight excluding hydrogens is 272 g/mol. The second kappa shape index (κ2) is 6.39. The van der Waals surface area contributed by atoms with Gasteiger partial charge in [-0.25, -0.2) is 0 Å². The zero-order chi connectivity index (χ0) is 15.4. The first kappa shape index (κ1) is 15.0. The van der Waals surface area contributed by atoms with Crippen molar-refractivity contribution in [2.75, 3.05) is 18.0 Å². The maximum absolute atomic E-state index is 12.1. The first-order valence-electron chi connectivity index (χ1n) is 6.90. The van der Waals surface area contributed by atoms with Crippen molar-refractivity contribution in [2.45, 2.75) is 19.8 Å². The van der Waals surface area contributed by atoms with Gasteiger partial charge in [0.25, 0.3) is 0 Å². The van der Waals surface area contributed by atoms with E-state index in [0.29, 0.717) is 6.54 Å². The van der Waals surface area contributed by atoms with Gasteiger partial charge in [-0.15, -0.1) is 0 Å². The summed E-state index contributed by atoms with van der Waals surface area (Å²) < 4.78 is 0. The van der Waals surface area contributed by atoms with Crippen molar-refractivity contribution in [1.29, 1.82) is 0 Å². The number of carboxylic acids is 1. The fourth-order valence-corrected chi connectivity index (χ4v) is 2.50. The van der Waals surface area contributed by atoms with Crippen molar-refractivity contribution in [1.82, 2.24) is 5.32 Å². The lowest BCUT2D eigenvalue weighted by molar-refractivity contribution is -0.138. The van der Waals surface area contributed by atoms with E-state index in [4.69, 9.17) is 5.11 Å². The minimum atomic E-state index is -1.10. The number of amides is 2. The summed E-state index contributed by atoms with van der Waals surface area (Å²) in [6, 6.07) is 7.61. The molecule has 0 spiro atoms. The maximum atomic E-state index is 12.1. The van der Waals surface area contributed by atoms with Gasteiger partial charge in [-0.3, -0.25) is 14.4 Å². The highest BCUT2D eigenvalue weighted by Gasteiger charge is 2.35. The minimum Gasteiger partial charge on any atom is -0.480 e. The molecule has 2 rings (SSSR count). The van der Waals surface area contributed by atoms with Crippen LogP contribution in [-0.2, 0) is 20.8 Å². The van der Waals surface area contributed by atoms with Crippen LogP contribution in [0.25, 0.3) is 0 Å². The van der Waals surface area contributed by atoms with Gasteiger partial charge in [0.1, 0.15) is 6.54 Å². The molecule has 1 fully saturated rings. The van der Waals surface area contributed by atoms with Crippen LogP contribution in [-0.4, -0.2) is 36.0 Å².